The molecule has 0 bridgehead atoms. The molecule has 0 saturated carbocycles. The number of aldehydes is 1. The van der Waals surface area contributed by atoms with Crippen LogP contribution in [-0.4, -0.2) is 25.4 Å². The van der Waals surface area contributed by atoms with Gasteiger partial charge in [0.2, 0.25) is 0 Å². The van der Waals surface area contributed by atoms with Gasteiger partial charge in [-0.05, 0) is 38.7 Å². The Hall–Kier alpha value is -2.20. The number of nitrogens with zero attached hydrogens (tertiary/aromatic N) is 1. The highest BCUT2D eigenvalue weighted by Gasteiger charge is 2.03. The molecule has 0 radical (unpaired) electrons. The van der Waals surface area contributed by atoms with Crippen molar-refractivity contribution in [3.8, 4) is 5.75 Å². The number of ether oxygens (including phenoxy) is 1. The van der Waals surface area contributed by atoms with E-state index in [4.69, 9.17) is 4.74 Å². The summed E-state index contributed by atoms with van der Waals surface area (Å²) in [6.07, 6.45) is 11.1. The number of nitrogens with one attached hydrogen (secondary N) is 1. The smallest absolute Gasteiger partial charge is 0.168 e. The summed E-state index contributed by atoms with van der Waals surface area (Å²) in [6.45, 7) is 2.02. The Kier molecular flexibility index (Phi) is 7.00. The molecule has 0 fully saturated rings. The van der Waals surface area contributed by atoms with Crippen molar-refractivity contribution in [2.75, 3.05) is 14.1 Å². The normalized spacial score (nSPS) is 13.3. The fourth-order valence-corrected chi connectivity index (χ4v) is 1.54. The number of hydrogen-bond acceptors (Lipinski definition) is 4. The Morgan fingerprint density at radius 2 is 2.15 bits per heavy atom. The van der Waals surface area contributed by atoms with Crippen LogP contribution in [0.5, 0.6) is 5.75 Å². The summed E-state index contributed by atoms with van der Waals surface area (Å²) in [5.74, 6) is 1.49. The standard InChI is InChI=1S/C14H13NO2.C2H7N/c1-11-4-2-3-5-13(8-11)17-14-6-7-15-12(9-14)10-16;1-3-2/h2-4,6-10H,5H2,1H3;3H,1-2H3. The molecular formula is C16H20N2O2. The summed E-state index contributed by atoms with van der Waals surface area (Å²) in [6, 6.07) is 3.36. The van der Waals surface area contributed by atoms with Gasteiger partial charge in [0.1, 0.15) is 17.2 Å². The predicted octanol–water partition coefficient (Wildman–Crippen LogP) is 2.90. The second kappa shape index (κ2) is 8.82. The third kappa shape index (κ3) is 5.63. The van der Waals surface area contributed by atoms with Crippen LogP contribution in [0.3, 0.4) is 0 Å². The molecule has 2 rings (SSSR count). The summed E-state index contributed by atoms with van der Waals surface area (Å²) in [5, 5.41) is 2.75. The van der Waals surface area contributed by atoms with Crippen LogP contribution >= 0.6 is 0 Å². The van der Waals surface area contributed by atoms with Crippen LogP contribution in [0.2, 0.25) is 0 Å². The molecule has 0 aromatic carbocycles. The zero-order valence-corrected chi connectivity index (χ0v) is 12.1. The lowest BCUT2D eigenvalue weighted by atomic mass is 10.2. The van der Waals surface area contributed by atoms with Gasteiger partial charge in [-0.25, -0.2) is 0 Å². The molecule has 1 aliphatic rings. The lowest BCUT2D eigenvalue weighted by Crippen LogP contribution is -1.96. The SMILES string of the molecule is CC1=CC=CCC(Oc2ccnc(C=O)c2)=C1.CNC. The van der Waals surface area contributed by atoms with Gasteiger partial charge in [0.25, 0.3) is 0 Å². The third-order valence-electron chi connectivity index (χ3n) is 2.33. The number of aromatic nitrogens is 1. The number of rotatable bonds is 3. The zero-order chi connectivity index (χ0) is 14.8. The minimum Gasteiger partial charge on any atom is -0.461 e. The first-order valence-corrected chi connectivity index (χ1v) is 6.41. The van der Waals surface area contributed by atoms with Gasteiger partial charge in [0.05, 0.1) is 0 Å². The van der Waals surface area contributed by atoms with Gasteiger partial charge in [0.15, 0.2) is 6.29 Å². The van der Waals surface area contributed by atoms with Gasteiger partial charge < -0.3 is 10.1 Å². The van der Waals surface area contributed by atoms with Crippen LogP contribution in [0.1, 0.15) is 23.8 Å². The monoisotopic (exact) mass is 272 g/mol. The van der Waals surface area contributed by atoms with E-state index >= 15 is 0 Å². The van der Waals surface area contributed by atoms with E-state index < -0.39 is 0 Å². The van der Waals surface area contributed by atoms with Crippen molar-refractivity contribution >= 4 is 6.29 Å². The van der Waals surface area contributed by atoms with Crippen molar-refractivity contribution in [1.29, 1.82) is 0 Å². The minimum atomic E-state index is 0.375. The number of carbonyl (C=O) groups is 1. The molecule has 1 aliphatic carbocycles. The molecule has 0 saturated heterocycles. The van der Waals surface area contributed by atoms with E-state index in [1.54, 1.807) is 18.3 Å². The summed E-state index contributed by atoms with van der Waals surface area (Å²) in [5.41, 5.74) is 1.51. The summed E-state index contributed by atoms with van der Waals surface area (Å²) < 4.78 is 5.72. The molecule has 106 valence electrons. The number of pyridine rings is 1. The van der Waals surface area contributed by atoms with Gasteiger partial charge in [-0.2, -0.15) is 0 Å². The first kappa shape index (κ1) is 15.9. The van der Waals surface area contributed by atoms with Crippen LogP contribution in [0.25, 0.3) is 0 Å². The maximum absolute atomic E-state index is 10.6. The van der Waals surface area contributed by atoms with E-state index in [0.29, 0.717) is 17.7 Å². The van der Waals surface area contributed by atoms with Crippen molar-refractivity contribution in [3.63, 3.8) is 0 Å². The van der Waals surface area contributed by atoms with Gasteiger partial charge >= 0.3 is 0 Å². The molecule has 1 heterocycles. The summed E-state index contributed by atoms with van der Waals surface area (Å²) in [7, 11) is 3.75. The van der Waals surface area contributed by atoms with Crippen molar-refractivity contribution in [1.82, 2.24) is 10.3 Å². The molecular weight excluding hydrogens is 252 g/mol. The highest BCUT2D eigenvalue weighted by Crippen LogP contribution is 2.18. The molecule has 1 N–H and O–H groups in total. The highest BCUT2D eigenvalue weighted by molar-refractivity contribution is 5.72. The van der Waals surface area contributed by atoms with Crippen LogP contribution in [-0.2, 0) is 0 Å². The van der Waals surface area contributed by atoms with E-state index in [1.165, 1.54) is 0 Å². The molecule has 0 atom stereocenters. The van der Waals surface area contributed by atoms with E-state index in [2.05, 4.69) is 10.3 Å². The Morgan fingerprint density at radius 3 is 2.85 bits per heavy atom. The van der Waals surface area contributed by atoms with Crippen LogP contribution < -0.4 is 10.1 Å². The van der Waals surface area contributed by atoms with Gasteiger partial charge in [0, 0.05) is 18.7 Å². The molecule has 0 spiro atoms. The first-order chi connectivity index (χ1) is 9.69. The highest BCUT2D eigenvalue weighted by atomic mass is 16.5. The molecule has 4 nitrogen and oxygen atoms in total. The van der Waals surface area contributed by atoms with Crippen LogP contribution in [0.15, 0.2) is 54.0 Å². The quantitative estimate of drug-likeness (QED) is 0.860. The minimum absolute atomic E-state index is 0.375. The van der Waals surface area contributed by atoms with Gasteiger partial charge in [-0.15, -0.1) is 0 Å². The van der Waals surface area contributed by atoms with Crippen LogP contribution in [0, 0.1) is 0 Å². The maximum Gasteiger partial charge on any atom is 0.168 e. The van der Waals surface area contributed by atoms with E-state index in [0.717, 1.165) is 17.8 Å². The average molecular weight is 272 g/mol. The summed E-state index contributed by atoms with van der Waals surface area (Å²) in [4.78, 5) is 14.5. The van der Waals surface area contributed by atoms with E-state index in [9.17, 15) is 4.79 Å². The Balaban J connectivity index is 0.000000612. The second-order valence-electron chi connectivity index (χ2n) is 4.29. The lowest BCUT2D eigenvalue weighted by Gasteiger charge is -2.08. The Labute approximate surface area is 119 Å². The Morgan fingerprint density at radius 1 is 1.40 bits per heavy atom. The van der Waals surface area contributed by atoms with Crippen molar-refractivity contribution < 1.29 is 9.53 Å². The maximum atomic E-state index is 10.6. The predicted molar refractivity (Wildman–Crippen MR) is 80.8 cm³/mol. The van der Waals surface area contributed by atoms with E-state index in [1.807, 2.05) is 45.3 Å². The molecule has 0 unspecified atom stereocenters. The molecule has 20 heavy (non-hydrogen) atoms. The van der Waals surface area contributed by atoms with Gasteiger partial charge in [-0.3, -0.25) is 9.78 Å². The average Bonchev–Trinajstić information content (AvgIpc) is 2.64. The fourth-order valence-electron chi connectivity index (χ4n) is 1.54. The van der Waals surface area contributed by atoms with Crippen LogP contribution in [0.4, 0.5) is 0 Å². The molecule has 4 heteroatoms. The topological polar surface area (TPSA) is 51.2 Å². The fraction of sp³-hybridized carbons (Fsp3) is 0.250. The van der Waals surface area contributed by atoms with E-state index in [-0.39, 0.29) is 0 Å². The molecule has 0 amide bonds. The Bertz CT molecular complexity index is 531. The first-order valence-electron chi connectivity index (χ1n) is 6.41. The summed E-state index contributed by atoms with van der Waals surface area (Å²) >= 11 is 0. The molecule has 1 aromatic heterocycles. The largest absolute Gasteiger partial charge is 0.461 e. The number of carbonyl (C=O) groups excluding carboxylic acids is 1. The number of hydrogen-bond donors (Lipinski definition) is 1. The number of allylic oxidation sites excluding steroid dienone is 5. The zero-order valence-electron chi connectivity index (χ0n) is 12.1. The van der Waals surface area contributed by atoms with Crippen molar-refractivity contribution in [2.45, 2.75) is 13.3 Å². The van der Waals surface area contributed by atoms with Crippen molar-refractivity contribution in [3.05, 3.63) is 59.7 Å². The van der Waals surface area contributed by atoms with Crippen molar-refractivity contribution in [2.24, 2.45) is 0 Å². The molecule has 1 aromatic rings. The third-order valence-corrected chi connectivity index (χ3v) is 2.33. The second-order valence-corrected chi connectivity index (χ2v) is 4.29. The van der Waals surface area contributed by atoms with Gasteiger partial charge in [-0.1, -0.05) is 18.2 Å². The lowest BCUT2D eigenvalue weighted by molar-refractivity contribution is 0.111. The molecule has 0 aliphatic heterocycles.